The van der Waals surface area contributed by atoms with Gasteiger partial charge in [0.2, 0.25) is 0 Å². The van der Waals surface area contributed by atoms with Crippen LogP contribution in [0.5, 0.6) is 0 Å². The lowest BCUT2D eigenvalue weighted by molar-refractivity contribution is 0.668. The van der Waals surface area contributed by atoms with Crippen molar-refractivity contribution in [1.82, 2.24) is 0 Å². The minimum absolute atomic E-state index is 0. The summed E-state index contributed by atoms with van der Waals surface area (Å²) in [6.45, 7) is 0. The van der Waals surface area contributed by atoms with Crippen LogP contribution in [-0.4, -0.2) is 8.41 Å². The van der Waals surface area contributed by atoms with Crippen LogP contribution in [0.15, 0.2) is 207 Å². The summed E-state index contributed by atoms with van der Waals surface area (Å²) in [6, 6.07) is 67.4. The van der Waals surface area contributed by atoms with Gasteiger partial charge in [-0.3, -0.25) is 0 Å². The third-order valence-corrected chi connectivity index (χ3v) is 11.3. The summed E-state index contributed by atoms with van der Waals surface area (Å²) in [7, 11) is 0. The third kappa shape index (κ3) is 7.42. The van der Waals surface area contributed by atoms with E-state index in [4.69, 9.17) is 14.6 Å². The zero-order valence-electron chi connectivity index (χ0n) is 31.5. The van der Waals surface area contributed by atoms with Crippen LogP contribution in [0.2, 0.25) is 0 Å². The van der Waals surface area contributed by atoms with Crippen molar-refractivity contribution in [3.05, 3.63) is 210 Å². The molecule has 0 atom stereocenters. The average Bonchev–Trinajstić information content (AvgIpc) is 3.82. The maximum atomic E-state index is 6.09. The van der Waals surface area contributed by atoms with Crippen molar-refractivity contribution < 1.29 is 8.83 Å². The first-order chi connectivity index (χ1) is 28.1. The highest BCUT2D eigenvalue weighted by Gasteiger charge is 2.11. The molecule has 10 aromatic carbocycles. The number of anilines is 1. The second-order valence-electron chi connectivity index (χ2n) is 14.4. The maximum absolute atomic E-state index is 6.09. The Labute approximate surface area is 353 Å². The van der Waals surface area contributed by atoms with Crippen LogP contribution in [0.25, 0.3) is 87.0 Å². The molecule has 0 aliphatic heterocycles. The normalized spacial score (nSPS) is 11.0. The van der Waals surface area contributed by atoms with Crippen LogP contribution >= 0.6 is 15.9 Å². The number of fused-ring (bicyclic) bond motifs is 12. The number of furan rings is 2. The zero-order valence-corrected chi connectivity index (χ0v) is 33.1. The minimum atomic E-state index is 0. The molecule has 3 radical (unpaired) electrons. The summed E-state index contributed by atoms with van der Waals surface area (Å²) in [5.41, 5.74) is 13.3. The first-order valence-corrected chi connectivity index (χ1v) is 19.9. The van der Waals surface area contributed by atoms with Crippen LogP contribution in [0.1, 0.15) is 18.6 Å². The van der Waals surface area contributed by atoms with Crippen molar-refractivity contribution in [3.8, 4) is 0 Å². The lowest BCUT2D eigenvalue weighted by atomic mass is 9.93. The van der Waals surface area contributed by atoms with Gasteiger partial charge in [-0.2, -0.15) is 0 Å². The van der Waals surface area contributed by atoms with Gasteiger partial charge in [-0.15, -0.1) is 0 Å². The van der Waals surface area contributed by atoms with E-state index in [-0.39, 0.29) is 15.8 Å². The van der Waals surface area contributed by atoms with Crippen LogP contribution in [-0.2, 0) is 6.42 Å². The highest BCUT2D eigenvalue weighted by atomic mass is 79.9. The molecule has 12 rings (SSSR count). The Morgan fingerprint density at radius 3 is 1.41 bits per heavy atom. The van der Waals surface area contributed by atoms with Gasteiger partial charge in [0.1, 0.15) is 22.3 Å². The van der Waals surface area contributed by atoms with Crippen molar-refractivity contribution >= 4 is 117 Å². The fraction of sp³-hybridized carbons (Fsp3) is 0.0370. The first kappa shape index (κ1) is 39.0. The van der Waals surface area contributed by atoms with Crippen molar-refractivity contribution in [2.24, 2.45) is 0 Å². The van der Waals surface area contributed by atoms with E-state index in [0.29, 0.717) is 0 Å². The molecule has 12 aromatic rings. The fourth-order valence-corrected chi connectivity index (χ4v) is 8.50. The SMILES string of the molecule is Brc1ccc2c(c1)oc1ccccc12.C.Nc1cc2ccccc2c2ccccc12.[B].c1ccc2c(c1)cc(Cc1ccc3c(c1)oc1ccccc13)c1ccccc12. The number of rotatable bonds is 2. The van der Waals surface area contributed by atoms with Gasteiger partial charge in [0, 0.05) is 45.5 Å². The predicted molar refractivity (Wildman–Crippen MR) is 258 cm³/mol. The summed E-state index contributed by atoms with van der Waals surface area (Å²) in [6.07, 6.45) is 0.887. The molecule has 3 nitrogen and oxygen atoms in total. The molecule has 0 spiro atoms. The van der Waals surface area contributed by atoms with Crippen LogP contribution in [0.3, 0.4) is 0 Å². The lowest BCUT2D eigenvalue weighted by Gasteiger charge is -2.11. The molecule has 0 fully saturated rings. The van der Waals surface area contributed by atoms with Gasteiger partial charge >= 0.3 is 0 Å². The summed E-state index contributed by atoms with van der Waals surface area (Å²) in [5.74, 6) is 0. The van der Waals surface area contributed by atoms with Crippen LogP contribution < -0.4 is 5.73 Å². The van der Waals surface area contributed by atoms with Gasteiger partial charge in [-0.25, -0.2) is 0 Å². The molecule has 2 heterocycles. The Balaban J connectivity index is 0.000000132. The number of nitrogens with two attached hydrogens (primary N) is 1. The quantitative estimate of drug-likeness (QED) is 0.107. The van der Waals surface area contributed by atoms with E-state index in [1.807, 2.05) is 66.7 Å². The lowest BCUT2D eigenvalue weighted by Crippen LogP contribution is -1.91. The Bertz CT molecular complexity index is 3440. The van der Waals surface area contributed by atoms with Crippen molar-refractivity contribution in [2.45, 2.75) is 13.8 Å². The van der Waals surface area contributed by atoms with Gasteiger partial charge in [0.25, 0.3) is 0 Å². The molecule has 0 amide bonds. The molecule has 0 unspecified atom stereocenters. The molecule has 2 N–H and O–H groups in total. The number of nitrogen functional groups attached to an aromatic ring is 1. The van der Waals surface area contributed by atoms with Gasteiger partial charge < -0.3 is 14.6 Å². The van der Waals surface area contributed by atoms with E-state index < -0.39 is 0 Å². The average molecular weight is 826 g/mol. The molecule has 0 saturated heterocycles. The number of para-hydroxylation sites is 2. The van der Waals surface area contributed by atoms with Crippen molar-refractivity contribution in [3.63, 3.8) is 0 Å². The highest BCUT2D eigenvalue weighted by molar-refractivity contribution is 9.10. The fourth-order valence-electron chi connectivity index (χ4n) is 8.16. The number of benzene rings is 10. The maximum Gasteiger partial charge on any atom is 0.136 e. The minimum Gasteiger partial charge on any atom is -0.456 e. The van der Waals surface area contributed by atoms with E-state index >= 15 is 0 Å². The van der Waals surface area contributed by atoms with Crippen LogP contribution in [0.4, 0.5) is 5.69 Å². The van der Waals surface area contributed by atoms with E-state index in [1.165, 1.54) is 70.4 Å². The molecule has 0 saturated carbocycles. The molecular weight excluding hydrogens is 785 g/mol. The van der Waals surface area contributed by atoms with E-state index in [9.17, 15) is 0 Å². The van der Waals surface area contributed by atoms with Crippen LogP contribution in [0, 0.1) is 0 Å². The summed E-state index contributed by atoms with van der Waals surface area (Å²) < 4.78 is 12.8. The van der Waals surface area contributed by atoms with Crippen molar-refractivity contribution in [2.75, 3.05) is 5.73 Å². The van der Waals surface area contributed by atoms with E-state index in [0.717, 1.165) is 44.3 Å². The standard InChI is InChI=1S/C27H18O.C14H11N.C12H7BrO.CH4.B/c1-2-8-21-19(7-1)17-20(22-9-3-4-10-23(21)22)15-18-13-14-25-24-11-5-6-12-26(24)28-27(25)16-18;15-14-9-10-5-1-2-6-11(10)12-7-3-4-8-13(12)14;13-8-5-6-10-9-3-1-2-4-11(9)14-12(10)7-8;;/h1-14,16-17H,15H2;1-9H,15H2;1-7H;1H4;. The summed E-state index contributed by atoms with van der Waals surface area (Å²) >= 11 is 3.43. The summed E-state index contributed by atoms with van der Waals surface area (Å²) in [5, 5.41) is 14.8. The number of hydrogen-bond acceptors (Lipinski definition) is 3. The Kier molecular flexibility index (Phi) is 11.0. The Hall–Kier alpha value is -6.82. The molecule has 59 heavy (non-hydrogen) atoms. The molecule has 0 aliphatic rings. The predicted octanol–water partition coefficient (Wildman–Crippen LogP) is 15.7. The number of hydrogen-bond donors (Lipinski definition) is 1. The Morgan fingerprint density at radius 2 is 0.797 bits per heavy atom. The second-order valence-corrected chi connectivity index (χ2v) is 15.3. The van der Waals surface area contributed by atoms with E-state index in [2.05, 4.69) is 143 Å². The molecule has 0 bridgehead atoms. The summed E-state index contributed by atoms with van der Waals surface area (Å²) in [4.78, 5) is 0. The smallest absolute Gasteiger partial charge is 0.136 e. The van der Waals surface area contributed by atoms with Crippen molar-refractivity contribution in [1.29, 1.82) is 0 Å². The third-order valence-electron chi connectivity index (χ3n) is 10.8. The highest BCUT2D eigenvalue weighted by Crippen LogP contribution is 2.34. The molecule has 283 valence electrons. The first-order valence-electron chi connectivity index (χ1n) is 19.1. The molecule has 5 heteroatoms. The second kappa shape index (κ2) is 16.6. The topological polar surface area (TPSA) is 52.3 Å². The number of halogens is 1. The monoisotopic (exact) mass is 824 g/mol. The zero-order chi connectivity index (χ0) is 38.3. The van der Waals surface area contributed by atoms with Gasteiger partial charge in [-0.1, -0.05) is 175 Å². The van der Waals surface area contributed by atoms with Gasteiger partial charge in [-0.05, 0) is 97.7 Å². The molecule has 0 aliphatic carbocycles. The largest absolute Gasteiger partial charge is 0.456 e. The van der Waals surface area contributed by atoms with Gasteiger partial charge in [0.15, 0.2) is 0 Å². The molecular formula is C54H40BBrNO2. The van der Waals surface area contributed by atoms with Gasteiger partial charge in [0.05, 0.1) is 0 Å². The molecule has 2 aromatic heterocycles. The van der Waals surface area contributed by atoms with E-state index in [1.54, 1.807) is 0 Å². The Morgan fingerprint density at radius 1 is 0.373 bits per heavy atom.